The van der Waals surface area contributed by atoms with Crippen molar-refractivity contribution in [3.05, 3.63) is 48.0 Å². The molecular weight excluding hydrogens is 439 g/mol. The predicted octanol–water partition coefficient (Wildman–Crippen LogP) is 3.91. The fourth-order valence-corrected chi connectivity index (χ4v) is 3.48. The molecule has 0 radical (unpaired) electrons. The number of alkyl halides is 3. The van der Waals surface area contributed by atoms with Crippen LogP contribution in [0.1, 0.15) is 18.4 Å². The second-order valence-corrected chi connectivity index (χ2v) is 7.96. The number of carbonyl (C=O) groups excluding carboxylic acids is 2. The Bertz CT molecular complexity index is 1020. The van der Waals surface area contributed by atoms with Crippen molar-refractivity contribution in [1.82, 2.24) is 0 Å². The van der Waals surface area contributed by atoms with Crippen molar-refractivity contribution in [1.29, 1.82) is 0 Å². The molecule has 1 aliphatic heterocycles. The van der Waals surface area contributed by atoms with Crippen molar-refractivity contribution < 1.29 is 32.2 Å². The van der Waals surface area contributed by atoms with Gasteiger partial charge in [-0.1, -0.05) is 6.07 Å². The van der Waals surface area contributed by atoms with E-state index < -0.39 is 24.3 Å². The van der Waals surface area contributed by atoms with Crippen molar-refractivity contribution in [2.24, 2.45) is 5.92 Å². The number of morpholine rings is 1. The Morgan fingerprint density at radius 3 is 2.52 bits per heavy atom. The number of benzene rings is 2. The van der Waals surface area contributed by atoms with E-state index in [0.717, 1.165) is 25.0 Å². The lowest BCUT2D eigenvalue weighted by Crippen LogP contribution is -2.37. The topological polar surface area (TPSA) is 79.9 Å². The van der Waals surface area contributed by atoms with Gasteiger partial charge in [-0.3, -0.25) is 9.59 Å². The van der Waals surface area contributed by atoms with Gasteiger partial charge in [0.05, 0.1) is 30.2 Å². The van der Waals surface area contributed by atoms with Crippen molar-refractivity contribution in [2.75, 3.05) is 48.4 Å². The molecular formula is C23H24F3N3O4. The molecule has 1 heterocycles. The largest absolute Gasteiger partial charge is 0.484 e. The first-order valence-electron chi connectivity index (χ1n) is 10.7. The number of hydrogen-bond acceptors (Lipinski definition) is 5. The van der Waals surface area contributed by atoms with E-state index in [2.05, 4.69) is 10.6 Å². The molecule has 33 heavy (non-hydrogen) atoms. The average Bonchev–Trinajstić information content (AvgIpc) is 3.64. The molecule has 2 amide bonds. The number of hydrogen-bond donors (Lipinski definition) is 2. The Kier molecular flexibility index (Phi) is 6.73. The van der Waals surface area contributed by atoms with Crippen LogP contribution in [0.15, 0.2) is 42.5 Å². The van der Waals surface area contributed by atoms with Crippen molar-refractivity contribution in [2.45, 2.75) is 19.0 Å². The Morgan fingerprint density at radius 1 is 1.06 bits per heavy atom. The van der Waals surface area contributed by atoms with Gasteiger partial charge in [0.15, 0.2) is 6.61 Å². The number of nitrogens with zero attached hydrogens (tertiary/aromatic N) is 1. The monoisotopic (exact) mass is 463 g/mol. The minimum atomic E-state index is -4.54. The molecule has 0 aromatic heterocycles. The zero-order valence-electron chi connectivity index (χ0n) is 17.8. The number of carbonyl (C=O) groups is 2. The lowest BCUT2D eigenvalue weighted by molar-refractivity contribution is -0.137. The molecule has 2 fully saturated rings. The molecule has 10 heteroatoms. The van der Waals surface area contributed by atoms with E-state index in [1.165, 1.54) is 6.07 Å². The van der Waals surface area contributed by atoms with Gasteiger partial charge in [0.1, 0.15) is 5.75 Å². The third-order valence-corrected chi connectivity index (χ3v) is 5.37. The Labute approximate surface area is 188 Å². The zero-order valence-corrected chi connectivity index (χ0v) is 17.8. The van der Waals surface area contributed by atoms with Gasteiger partial charge in [-0.05, 0) is 43.2 Å². The summed E-state index contributed by atoms with van der Waals surface area (Å²) in [5, 5.41) is 5.34. The quantitative estimate of drug-likeness (QED) is 0.651. The summed E-state index contributed by atoms with van der Waals surface area (Å²) >= 11 is 0. The van der Waals surface area contributed by atoms with Gasteiger partial charge < -0.3 is 25.0 Å². The summed E-state index contributed by atoms with van der Waals surface area (Å²) in [6.45, 7) is 1.50. The molecule has 7 nitrogen and oxygen atoms in total. The van der Waals surface area contributed by atoms with Gasteiger partial charge in [-0.2, -0.15) is 13.2 Å². The SMILES string of the molecule is O=C(COc1cccc(NC(=O)C2CC2)c1)Nc1cc(C(F)(F)F)ccc1N1CCOCC1. The van der Waals surface area contributed by atoms with Crippen LogP contribution in [-0.4, -0.2) is 44.7 Å². The Balaban J connectivity index is 1.42. The van der Waals surface area contributed by atoms with E-state index in [4.69, 9.17) is 9.47 Å². The van der Waals surface area contributed by atoms with Crippen molar-refractivity contribution in [3.63, 3.8) is 0 Å². The highest BCUT2D eigenvalue weighted by Crippen LogP contribution is 2.36. The van der Waals surface area contributed by atoms with Gasteiger partial charge in [-0.15, -0.1) is 0 Å². The van der Waals surface area contributed by atoms with Crippen LogP contribution in [0.2, 0.25) is 0 Å². The highest BCUT2D eigenvalue weighted by Gasteiger charge is 2.32. The lowest BCUT2D eigenvalue weighted by Gasteiger charge is -2.31. The Hall–Kier alpha value is -3.27. The maximum atomic E-state index is 13.2. The van der Waals surface area contributed by atoms with Gasteiger partial charge in [-0.25, -0.2) is 0 Å². The van der Waals surface area contributed by atoms with Crippen molar-refractivity contribution >= 4 is 28.9 Å². The highest BCUT2D eigenvalue weighted by atomic mass is 19.4. The molecule has 1 saturated carbocycles. The van der Waals surface area contributed by atoms with Gasteiger partial charge >= 0.3 is 6.18 Å². The van der Waals surface area contributed by atoms with E-state index in [-0.39, 0.29) is 17.5 Å². The zero-order chi connectivity index (χ0) is 23.4. The molecule has 2 N–H and O–H groups in total. The first-order valence-corrected chi connectivity index (χ1v) is 10.7. The summed E-state index contributed by atoms with van der Waals surface area (Å²) in [7, 11) is 0. The van der Waals surface area contributed by atoms with E-state index >= 15 is 0 Å². The fourth-order valence-electron chi connectivity index (χ4n) is 3.48. The summed E-state index contributed by atoms with van der Waals surface area (Å²) in [4.78, 5) is 26.3. The molecule has 1 saturated heterocycles. The minimum absolute atomic E-state index is 0.0495. The molecule has 4 rings (SSSR count). The summed E-state index contributed by atoms with van der Waals surface area (Å²) in [6, 6.07) is 9.90. The van der Waals surface area contributed by atoms with Crippen LogP contribution >= 0.6 is 0 Å². The standard InChI is InChI=1S/C23H24F3N3O4/c24-23(25,26)16-6-7-20(29-8-10-32-11-9-29)19(12-16)28-21(30)14-33-18-3-1-2-17(13-18)27-22(31)15-4-5-15/h1-3,6-7,12-13,15H,4-5,8-11,14H2,(H,27,31)(H,28,30). The molecule has 1 aliphatic carbocycles. The van der Waals surface area contributed by atoms with E-state index in [0.29, 0.717) is 43.4 Å². The highest BCUT2D eigenvalue weighted by molar-refractivity contribution is 5.96. The number of anilines is 3. The molecule has 2 aliphatic rings. The van der Waals surface area contributed by atoms with Crippen LogP contribution in [0.4, 0.5) is 30.2 Å². The van der Waals surface area contributed by atoms with Crippen molar-refractivity contribution in [3.8, 4) is 5.75 Å². The van der Waals surface area contributed by atoms with Crippen LogP contribution in [0, 0.1) is 5.92 Å². The number of amides is 2. The van der Waals surface area contributed by atoms with Crippen LogP contribution in [0.5, 0.6) is 5.75 Å². The molecule has 0 spiro atoms. The molecule has 0 unspecified atom stereocenters. The summed E-state index contributed by atoms with van der Waals surface area (Å²) in [5.41, 5.74) is 0.252. The minimum Gasteiger partial charge on any atom is -0.484 e. The van der Waals surface area contributed by atoms with Gasteiger partial charge in [0, 0.05) is 30.8 Å². The lowest BCUT2D eigenvalue weighted by atomic mass is 10.1. The van der Waals surface area contributed by atoms with Gasteiger partial charge in [0.25, 0.3) is 5.91 Å². The molecule has 0 atom stereocenters. The maximum Gasteiger partial charge on any atom is 0.416 e. The normalized spacial score (nSPS) is 16.3. The molecule has 176 valence electrons. The van der Waals surface area contributed by atoms with E-state index in [1.54, 1.807) is 24.3 Å². The van der Waals surface area contributed by atoms with E-state index in [9.17, 15) is 22.8 Å². The summed E-state index contributed by atoms with van der Waals surface area (Å²) in [6.07, 6.45) is -2.78. The van der Waals surface area contributed by atoms with E-state index in [1.807, 2.05) is 4.90 Å². The third-order valence-electron chi connectivity index (χ3n) is 5.37. The molecule has 0 bridgehead atoms. The van der Waals surface area contributed by atoms with Gasteiger partial charge in [0.2, 0.25) is 5.91 Å². The fraction of sp³-hybridized carbons (Fsp3) is 0.391. The predicted molar refractivity (Wildman–Crippen MR) is 116 cm³/mol. The second kappa shape index (κ2) is 9.70. The molecule has 2 aromatic carbocycles. The number of halogens is 3. The first kappa shape index (κ1) is 22.9. The third kappa shape index (κ3) is 6.16. The smallest absolute Gasteiger partial charge is 0.416 e. The maximum absolute atomic E-state index is 13.2. The number of ether oxygens (including phenoxy) is 2. The summed E-state index contributed by atoms with van der Waals surface area (Å²) in [5.74, 6) is -0.244. The average molecular weight is 463 g/mol. The number of rotatable bonds is 7. The van der Waals surface area contributed by atoms with Crippen LogP contribution in [0.3, 0.4) is 0 Å². The van der Waals surface area contributed by atoms with Crippen LogP contribution in [-0.2, 0) is 20.5 Å². The number of nitrogens with one attached hydrogen (secondary N) is 2. The summed E-state index contributed by atoms with van der Waals surface area (Å²) < 4.78 is 50.5. The first-order chi connectivity index (χ1) is 15.8. The molecule has 2 aromatic rings. The van der Waals surface area contributed by atoms with Crippen LogP contribution < -0.4 is 20.3 Å². The second-order valence-electron chi connectivity index (χ2n) is 7.96. The Morgan fingerprint density at radius 2 is 1.82 bits per heavy atom. The van der Waals surface area contributed by atoms with Crippen LogP contribution in [0.25, 0.3) is 0 Å².